The van der Waals surface area contributed by atoms with E-state index in [-0.39, 0.29) is 18.5 Å². The zero-order valence-corrected chi connectivity index (χ0v) is 9.60. The highest BCUT2D eigenvalue weighted by atomic mass is 19.4. The summed E-state index contributed by atoms with van der Waals surface area (Å²) < 4.78 is 39.7. The van der Waals surface area contributed by atoms with Gasteiger partial charge < -0.3 is 5.73 Å². The predicted octanol–water partition coefficient (Wildman–Crippen LogP) is 2.16. The summed E-state index contributed by atoms with van der Waals surface area (Å²) in [4.78, 5) is 0. The van der Waals surface area contributed by atoms with Crippen molar-refractivity contribution in [3.8, 4) is 0 Å². The lowest BCUT2D eigenvalue weighted by Crippen LogP contribution is -2.29. The van der Waals surface area contributed by atoms with Crippen molar-refractivity contribution < 1.29 is 13.2 Å². The molecule has 0 saturated heterocycles. The number of nitrogens with two attached hydrogens (primary N) is 1. The third kappa shape index (κ3) is 2.55. The fourth-order valence-electron chi connectivity index (χ4n) is 1.53. The minimum Gasteiger partial charge on any atom is -0.330 e. The van der Waals surface area contributed by atoms with Crippen LogP contribution >= 0.6 is 0 Å². The monoisotopic (exact) mass is 235 g/mol. The fourth-order valence-corrected chi connectivity index (χ4v) is 1.53. The first-order chi connectivity index (χ1) is 7.18. The van der Waals surface area contributed by atoms with Gasteiger partial charge in [-0.15, -0.1) is 0 Å². The maximum absolute atomic E-state index is 12.9. The molecule has 1 heterocycles. The second-order valence-corrected chi connectivity index (χ2v) is 4.64. The third-order valence-corrected chi connectivity index (χ3v) is 2.16. The van der Waals surface area contributed by atoms with Crippen LogP contribution in [-0.4, -0.2) is 16.3 Å². The Kier molecular flexibility index (Phi) is 3.33. The fraction of sp³-hybridized carbons (Fsp3) is 0.700. The quantitative estimate of drug-likeness (QED) is 0.853. The lowest BCUT2D eigenvalue weighted by Gasteiger charge is -2.24. The highest BCUT2D eigenvalue weighted by Crippen LogP contribution is 2.34. The van der Waals surface area contributed by atoms with E-state index in [1.807, 2.05) is 0 Å². The Hall–Kier alpha value is -1.04. The number of aromatic nitrogens is 2. The molecule has 0 aliphatic carbocycles. The van der Waals surface area contributed by atoms with Crippen LogP contribution in [0.1, 0.15) is 32.0 Å². The second-order valence-electron chi connectivity index (χ2n) is 4.64. The van der Waals surface area contributed by atoms with Gasteiger partial charge in [0.1, 0.15) is 5.69 Å². The van der Waals surface area contributed by atoms with Crippen molar-refractivity contribution in [3.63, 3.8) is 0 Å². The van der Waals surface area contributed by atoms with Gasteiger partial charge in [0.05, 0.1) is 11.7 Å². The summed E-state index contributed by atoms with van der Waals surface area (Å²) in [6, 6.07) is 0. The molecule has 0 aliphatic heterocycles. The normalized spacial score (nSPS) is 13.2. The number of nitrogens with zero attached hydrogens (tertiary/aromatic N) is 2. The minimum atomic E-state index is -4.39. The van der Waals surface area contributed by atoms with Gasteiger partial charge in [-0.2, -0.15) is 18.3 Å². The molecule has 0 amide bonds. The van der Waals surface area contributed by atoms with Crippen LogP contribution in [-0.2, 0) is 18.1 Å². The van der Waals surface area contributed by atoms with E-state index in [2.05, 4.69) is 5.10 Å². The lowest BCUT2D eigenvalue weighted by atomic mass is 10.1. The first kappa shape index (κ1) is 13.0. The van der Waals surface area contributed by atoms with Crippen LogP contribution in [0.5, 0.6) is 0 Å². The number of hydrogen-bond donors (Lipinski definition) is 1. The van der Waals surface area contributed by atoms with Crippen LogP contribution in [0.15, 0.2) is 6.20 Å². The lowest BCUT2D eigenvalue weighted by molar-refractivity contribution is -0.146. The Morgan fingerprint density at radius 3 is 2.25 bits per heavy atom. The van der Waals surface area contributed by atoms with Crippen molar-refractivity contribution >= 4 is 0 Å². The average Bonchev–Trinajstić information content (AvgIpc) is 2.46. The van der Waals surface area contributed by atoms with E-state index in [4.69, 9.17) is 5.73 Å². The Morgan fingerprint density at radius 1 is 1.31 bits per heavy atom. The molecule has 0 aromatic carbocycles. The number of hydrogen-bond acceptors (Lipinski definition) is 2. The van der Waals surface area contributed by atoms with Crippen LogP contribution in [0.4, 0.5) is 13.2 Å². The molecule has 2 N–H and O–H groups in total. The van der Waals surface area contributed by atoms with E-state index in [0.717, 1.165) is 4.68 Å². The molecule has 0 aliphatic rings. The maximum Gasteiger partial charge on any atom is 0.433 e. The van der Waals surface area contributed by atoms with Gasteiger partial charge in [-0.05, 0) is 33.7 Å². The van der Waals surface area contributed by atoms with Crippen molar-refractivity contribution in [1.29, 1.82) is 0 Å². The molecule has 0 unspecified atom stereocenters. The molecule has 0 bridgehead atoms. The molecule has 16 heavy (non-hydrogen) atoms. The molecule has 3 nitrogen and oxygen atoms in total. The van der Waals surface area contributed by atoms with Gasteiger partial charge in [0.25, 0.3) is 0 Å². The molecule has 1 aromatic heterocycles. The van der Waals surface area contributed by atoms with Crippen LogP contribution in [0.25, 0.3) is 0 Å². The van der Waals surface area contributed by atoms with E-state index >= 15 is 0 Å². The van der Waals surface area contributed by atoms with E-state index in [9.17, 15) is 13.2 Å². The van der Waals surface area contributed by atoms with E-state index in [1.165, 1.54) is 6.20 Å². The van der Waals surface area contributed by atoms with Crippen molar-refractivity contribution in [2.24, 2.45) is 5.73 Å². The summed E-state index contributed by atoms with van der Waals surface area (Å²) in [6.45, 7) is 5.23. The predicted molar refractivity (Wildman–Crippen MR) is 55.0 cm³/mol. The summed E-state index contributed by atoms with van der Waals surface area (Å²) in [6.07, 6.45) is -2.96. The van der Waals surface area contributed by atoms with E-state index in [0.29, 0.717) is 0 Å². The highest BCUT2D eigenvalue weighted by molar-refractivity contribution is 5.22. The number of rotatable bonds is 2. The molecule has 1 aromatic rings. The van der Waals surface area contributed by atoms with Crippen molar-refractivity contribution in [2.75, 3.05) is 6.54 Å². The second kappa shape index (κ2) is 4.08. The van der Waals surface area contributed by atoms with Gasteiger partial charge >= 0.3 is 6.18 Å². The first-order valence-corrected chi connectivity index (χ1v) is 5.02. The minimum absolute atomic E-state index is 0.157. The highest BCUT2D eigenvalue weighted by Gasteiger charge is 2.40. The Morgan fingerprint density at radius 2 is 1.88 bits per heavy atom. The Labute approximate surface area is 92.4 Å². The summed E-state index contributed by atoms with van der Waals surface area (Å²) in [5.74, 6) is 0. The van der Waals surface area contributed by atoms with Gasteiger partial charge in [0.15, 0.2) is 0 Å². The third-order valence-electron chi connectivity index (χ3n) is 2.16. The van der Waals surface area contributed by atoms with Gasteiger partial charge in [0, 0.05) is 5.56 Å². The summed E-state index contributed by atoms with van der Waals surface area (Å²) in [5, 5.41) is 3.81. The standard InChI is InChI=1S/C10H16F3N3/c1-9(2,3)16-8(10(11,12)13)7(4-5-14)6-15-16/h6H,4-5,14H2,1-3H3. The molecule has 0 saturated carbocycles. The number of alkyl halides is 3. The topological polar surface area (TPSA) is 43.8 Å². The van der Waals surface area contributed by atoms with Crippen LogP contribution in [0.2, 0.25) is 0 Å². The van der Waals surface area contributed by atoms with Crippen LogP contribution in [0.3, 0.4) is 0 Å². The summed E-state index contributed by atoms with van der Waals surface area (Å²) >= 11 is 0. The van der Waals surface area contributed by atoms with Crippen molar-refractivity contribution in [2.45, 2.75) is 38.9 Å². The SMILES string of the molecule is CC(C)(C)n1ncc(CCN)c1C(F)(F)F. The molecular weight excluding hydrogens is 219 g/mol. The van der Waals surface area contributed by atoms with E-state index in [1.54, 1.807) is 20.8 Å². The zero-order valence-electron chi connectivity index (χ0n) is 9.60. The largest absolute Gasteiger partial charge is 0.433 e. The molecular formula is C10H16F3N3. The van der Waals surface area contributed by atoms with Crippen LogP contribution < -0.4 is 5.73 Å². The van der Waals surface area contributed by atoms with Crippen molar-refractivity contribution in [3.05, 3.63) is 17.5 Å². The Balaban J connectivity index is 3.31. The summed E-state index contributed by atoms with van der Waals surface area (Å²) in [5.41, 5.74) is 4.06. The van der Waals surface area contributed by atoms with Gasteiger partial charge in [0.2, 0.25) is 0 Å². The molecule has 6 heteroatoms. The van der Waals surface area contributed by atoms with Gasteiger partial charge in [-0.3, -0.25) is 4.68 Å². The Bertz CT molecular complexity index is 360. The smallest absolute Gasteiger partial charge is 0.330 e. The van der Waals surface area contributed by atoms with Gasteiger partial charge in [-0.25, -0.2) is 0 Å². The molecule has 0 spiro atoms. The zero-order chi connectivity index (χ0) is 12.6. The van der Waals surface area contributed by atoms with E-state index < -0.39 is 17.4 Å². The molecule has 92 valence electrons. The molecule has 0 radical (unpaired) electrons. The molecule has 1 rings (SSSR count). The van der Waals surface area contributed by atoms with Crippen LogP contribution in [0, 0.1) is 0 Å². The molecule has 0 atom stereocenters. The maximum atomic E-state index is 12.9. The van der Waals surface area contributed by atoms with Crippen molar-refractivity contribution in [1.82, 2.24) is 9.78 Å². The number of halogens is 3. The van der Waals surface area contributed by atoms with Gasteiger partial charge in [-0.1, -0.05) is 0 Å². The molecule has 0 fully saturated rings. The summed E-state index contributed by atoms with van der Waals surface area (Å²) in [7, 11) is 0. The average molecular weight is 235 g/mol. The first-order valence-electron chi connectivity index (χ1n) is 5.02.